The SMILES string of the molecule is O=C(N[C@@H](C(=O)O)c1ccccc1)C1CCCN(C(=O)NC2CCCC2)C1. The second kappa shape index (κ2) is 8.88. The van der Waals surface area contributed by atoms with E-state index in [1.807, 2.05) is 0 Å². The van der Waals surface area contributed by atoms with E-state index < -0.39 is 17.9 Å². The lowest BCUT2D eigenvalue weighted by atomic mass is 9.96. The number of aliphatic carboxylic acids is 1. The smallest absolute Gasteiger partial charge is 0.330 e. The molecule has 1 aromatic carbocycles. The van der Waals surface area contributed by atoms with Gasteiger partial charge in [0, 0.05) is 19.1 Å². The zero-order valence-electron chi connectivity index (χ0n) is 15.4. The highest BCUT2D eigenvalue weighted by Crippen LogP contribution is 2.21. The van der Waals surface area contributed by atoms with Crippen LogP contribution in [0.4, 0.5) is 4.79 Å². The molecular formula is C20H27N3O4. The van der Waals surface area contributed by atoms with E-state index in [4.69, 9.17) is 0 Å². The van der Waals surface area contributed by atoms with Crippen molar-refractivity contribution in [1.29, 1.82) is 0 Å². The molecule has 146 valence electrons. The van der Waals surface area contributed by atoms with Crippen LogP contribution in [0.25, 0.3) is 0 Å². The fraction of sp³-hybridized carbons (Fsp3) is 0.550. The molecule has 2 fully saturated rings. The number of benzene rings is 1. The summed E-state index contributed by atoms with van der Waals surface area (Å²) >= 11 is 0. The van der Waals surface area contributed by atoms with Gasteiger partial charge in [-0.2, -0.15) is 0 Å². The lowest BCUT2D eigenvalue weighted by Crippen LogP contribution is -2.51. The van der Waals surface area contributed by atoms with E-state index in [0.717, 1.165) is 32.1 Å². The van der Waals surface area contributed by atoms with Gasteiger partial charge in [-0.25, -0.2) is 9.59 Å². The molecule has 27 heavy (non-hydrogen) atoms. The number of piperidine rings is 1. The molecule has 0 aromatic heterocycles. The molecule has 1 saturated heterocycles. The van der Waals surface area contributed by atoms with Crippen molar-refractivity contribution in [2.24, 2.45) is 5.92 Å². The van der Waals surface area contributed by atoms with E-state index in [1.165, 1.54) is 0 Å². The second-order valence-corrected chi connectivity index (χ2v) is 7.41. The first kappa shape index (κ1) is 19.2. The molecule has 0 bridgehead atoms. The molecule has 1 unspecified atom stereocenters. The van der Waals surface area contributed by atoms with Crippen LogP contribution in [-0.2, 0) is 9.59 Å². The highest BCUT2D eigenvalue weighted by Gasteiger charge is 2.32. The average molecular weight is 373 g/mol. The van der Waals surface area contributed by atoms with Gasteiger partial charge < -0.3 is 20.6 Å². The van der Waals surface area contributed by atoms with Crippen LogP contribution < -0.4 is 10.6 Å². The van der Waals surface area contributed by atoms with Crippen LogP contribution in [0.3, 0.4) is 0 Å². The third-order valence-electron chi connectivity index (χ3n) is 5.43. The minimum Gasteiger partial charge on any atom is -0.479 e. The molecule has 1 aliphatic carbocycles. The van der Waals surface area contributed by atoms with Crippen LogP contribution in [0.2, 0.25) is 0 Å². The van der Waals surface area contributed by atoms with Gasteiger partial charge in [0.25, 0.3) is 0 Å². The predicted molar refractivity (Wildman–Crippen MR) is 100 cm³/mol. The van der Waals surface area contributed by atoms with Crippen LogP contribution in [0.1, 0.15) is 50.1 Å². The van der Waals surface area contributed by atoms with E-state index in [9.17, 15) is 19.5 Å². The summed E-state index contributed by atoms with van der Waals surface area (Å²) in [6.45, 7) is 0.953. The Morgan fingerprint density at radius 3 is 2.41 bits per heavy atom. The number of likely N-dealkylation sites (tertiary alicyclic amines) is 1. The summed E-state index contributed by atoms with van der Waals surface area (Å²) in [5.41, 5.74) is 0.532. The van der Waals surface area contributed by atoms with Gasteiger partial charge in [0.05, 0.1) is 5.92 Å². The number of hydrogen-bond acceptors (Lipinski definition) is 3. The van der Waals surface area contributed by atoms with Crippen LogP contribution in [0.15, 0.2) is 30.3 Å². The molecule has 3 rings (SSSR count). The molecule has 1 aliphatic heterocycles. The Hall–Kier alpha value is -2.57. The number of carbonyl (C=O) groups excluding carboxylic acids is 2. The minimum atomic E-state index is -1.10. The zero-order chi connectivity index (χ0) is 19.2. The molecule has 3 N–H and O–H groups in total. The van der Waals surface area contributed by atoms with Crippen molar-refractivity contribution in [3.63, 3.8) is 0 Å². The molecular weight excluding hydrogens is 346 g/mol. The van der Waals surface area contributed by atoms with E-state index in [-0.39, 0.29) is 18.0 Å². The van der Waals surface area contributed by atoms with Gasteiger partial charge in [0.15, 0.2) is 6.04 Å². The maximum Gasteiger partial charge on any atom is 0.330 e. The maximum atomic E-state index is 12.7. The van der Waals surface area contributed by atoms with Gasteiger partial charge >= 0.3 is 12.0 Å². The highest BCUT2D eigenvalue weighted by atomic mass is 16.4. The quantitative estimate of drug-likeness (QED) is 0.737. The second-order valence-electron chi connectivity index (χ2n) is 7.41. The fourth-order valence-corrected chi connectivity index (χ4v) is 3.90. The lowest BCUT2D eigenvalue weighted by molar-refractivity contribution is -0.143. The van der Waals surface area contributed by atoms with Crippen molar-refractivity contribution >= 4 is 17.9 Å². The van der Waals surface area contributed by atoms with Crippen molar-refractivity contribution in [3.8, 4) is 0 Å². The molecule has 1 aromatic rings. The number of nitrogens with zero attached hydrogens (tertiary/aromatic N) is 1. The topological polar surface area (TPSA) is 98.7 Å². The molecule has 2 atom stereocenters. The zero-order valence-corrected chi connectivity index (χ0v) is 15.4. The first-order chi connectivity index (χ1) is 13.0. The third-order valence-corrected chi connectivity index (χ3v) is 5.43. The van der Waals surface area contributed by atoms with Gasteiger partial charge in [-0.3, -0.25) is 4.79 Å². The Bertz CT molecular complexity index is 673. The molecule has 7 nitrogen and oxygen atoms in total. The Kier molecular flexibility index (Phi) is 6.32. The Morgan fingerprint density at radius 2 is 1.74 bits per heavy atom. The average Bonchev–Trinajstić information content (AvgIpc) is 3.19. The summed E-state index contributed by atoms with van der Waals surface area (Å²) in [5, 5.41) is 15.2. The summed E-state index contributed by atoms with van der Waals surface area (Å²) < 4.78 is 0. The summed E-state index contributed by atoms with van der Waals surface area (Å²) in [4.78, 5) is 38.4. The maximum absolute atomic E-state index is 12.7. The standard InChI is InChI=1S/C20H27N3O4/c24-18(22-17(19(25)26)14-7-2-1-3-8-14)15-9-6-12-23(13-15)20(27)21-16-10-4-5-11-16/h1-3,7-8,15-17H,4-6,9-13H2,(H,21,27)(H,22,24)(H,25,26)/t15?,17-/m1/s1. The highest BCUT2D eigenvalue weighted by molar-refractivity contribution is 5.86. The van der Waals surface area contributed by atoms with Crippen LogP contribution in [0, 0.1) is 5.92 Å². The fourth-order valence-electron chi connectivity index (χ4n) is 3.90. The summed E-state index contributed by atoms with van der Waals surface area (Å²) in [6, 6.07) is 7.69. The molecule has 7 heteroatoms. The van der Waals surface area contributed by atoms with Crippen molar-refractivity contribution in [1.82, 2.24) is 15.5 Å². The first-order valence-corrected chi connectivity index (χ1v) is 9.68. The third kappa shape index (κ3) is 4.99. The Balaban J connectivity index is 1.58. The van der Waals surface area contributed by atoms with Gasteiger partial charge in [-0.1, -0.05) is 43.2 Å². The van der Waals surface area contributed by atoms with E-state index >= 15 is 0 Å². The number of rotatable bonds is 5. The van der Waals surface area contributed by atoms with Gasteiger partial charge in [0.2, 0.25) is 5.91 Å². The summed E-state index contributed by atoms with van der Waals surface area (Å²) in [6.07, 6.45) is 5.71. The van der Waals surface area contributed by atoms with Crippen molar-refractivity contribution in [3.05, 3.63) is 35.9 Å². The molecule has 2 aliphatic rings. The first-order valence-electron chi connectivity index (χ1n) is 9.68. The summed E-state index contributed by atoms with van der Waals surface area (Å²) in [7, 11) is 0. The number of urea groups is 1. The lowest BCUT2D eigenvalue weighted by Gasteiger charge is -2.33. The van der Waals surface area contributed by atoms with Crippen molar-refractivity contribution in [2.75, 3.05) is 13.1 Å². The van der Waals surface area contributed by atoms with Gasteiger partial charge in [-0.05, 0) is 31.2 Å². The van der Waals surface area contributed by atoms with Crippen LogP contribution >= 0.6 is 0 Å². The number of carboxylic acids is 1. The molecule has 1 heterocycles. The molecule has 0 spiro atoms. The van der Waals surface area contributed by atoms with E-state index in [0.29, 0.717) is 25.1 Å². The number of carbonyl (C=O) groups is 3. The van der Waals surface area contributed by atoms with Gasteiger partial charge in [-0.15, -0.1) is 0 Å². The summed E-state index contributed by atoms with van der Waals surface area (Å²) in [5.74, 6) is -1.80. The molecule has 1 saturated carbocycles. The normalized spacial score (nSPS) is 21.5. The largest absolute Gasteiger partial charge is 0.479 e. The Morgan fingerprint density at radius 1 is 1.04 bits per heavy atom. The number of carboxylic acid groups (broad SMARTS) is 1. The van der Waals surface area contributed by atoms with Crippen molar-refractivity contribution < 1.29 is 19.5 Å². The van der Waals surface area contributed by atoms with E-state index in [2.05, 4.69) is 10.6 Å². The van der Waals surface area contributed by atoms with Gasteiger partial charge in [0.1, 0.15) is 0 Å². The minimum absolute atomic E-state index is 0.114. The Labute approximate surface area is 159 Å². The monoisotopic (exact) mass is 373 g/mol. The van der Waals surface area contributed by atoms with E-state index in [1.54, 1.807) is 35.2 Å². The number of hydrogen-bond donors (Lipinski definition) is 3. The molecule has 0 radical (unpaired) electrons. The number of nitrogens with one attached hydrogen (secondary N) is 2. The van der Waals surface area contributed by atoms with Crippen LogP contribution in [-0.4, -0.2) is 47.0 Å². The number of amides is 3. The van der Waals surface area contributed by atoms with Crippen LogP contribution in [0.5, 0.6) is 0 Å². The predicted octanol–water partition coefficient (Wildman–Crippen LogP) is 2.29. The molecule has 3 amide bonds. The van der Waals surface area contributed by atoms with Crippen molar-refractivity contribution in [2.45, 2.75) is 50.6 Å².